The summed E-state index contributed by atoms with van der Waals surface area (Å²) in [6, 6.07) is 10.3. The fourth-order valence-electron chi connectivity index (χ4n) is 2.05. The van der Waals surface area contributed by atoms with Crippen molar-refractivity contribution >= 4 is 5.69 Å². The summed E-state index contributed by atoms with van der Waals surface area (Å²) < 4.78 is 5.64. The monoisotopic (exact) mass is 263 g/mol. The first-order valence-corrected chi connectivity index (χ1v) is 7.80. The molecule has 1 rings (SSSR count). The van der Waals surface area contributed by atoms with Gasteiger partial charge >= 0.3 is 0 Å². The van der Waals surface area contributed by atoms with Crippen LogP contribution in [0.25, 0.3) is 0 Å². The maximum absolute atomic E-state index is 5.64. The third-order valence-corrected chi connectivity index (χ3v) is 3.21. The van der Waals surface area contributed by atoms with Crippen molar-refractivity contribution in [1.82, 2.24) is 0 Å². The zero-order chi connectivity index (χ0) is 13.6. The van der Waals surface area contributed by atoms with Crippen LogP contribution in [-0.4, -0.2) is 19.8 Å². The van der Waals surface area contributed by atoms with E-state index in [-0.39, 0.29) is 0 Å². The summed E-state index contributed by atoms with van der Waals surface area (Å²) in [4.78, 5) is 0. The van der Waals surface area contributed by atoms with Crippen LogP contribution >= 0.6 is 0 Å². The van der Waals surface area contributed by atoms with Gasteiger partial charge in [-0.3, -0.25) is 0 Å². The van der Waals surface area contributed by atoms with Gasteiger partial charge in [0, 0.05) is 25.4 Å². The fourth-order valence-corrected chi connectivity index (χ4v) is 2.05. The first-order valence-electron chi connectivity index (χ1n) is 7.80. The Kier molecular flexibility index (Phi) is 10.2. The molecule has 108 valence electrons. The van der Waals surface area contributed by atoms with E-state index in [9.17, 15) is 0 Å². The molecule has 0 atom stereocenters. The lowest BCUT2D eigenvalue weighted by molar-refractivity contribution is 0.129. The predicted molar refractivity (Wildman–Crippen MR) is 83.7 cm³/mol. The molecule has 0 radical (unpaired) electrons. The van der Waals surface area contributed by atoms with E-state index in [2.05, 4.69) is 36.5 Å². The summed E-state index contributed by atoms with van der Waals surface area (Å²) in [6.07, 6.45) is 9.07. The molecule has 0 aromatic heterocycles. The lowest BCUT2D eigenvalue weighted by Crippen LogP contribution is -2.06. The van der Waals surface area contributed by atoms with Gasteiger partial charge < -0.3 is 10.1 Å². The molecule has 0 heterocycles. The Morgan fingerprint density at radius 3 is 2.32 bits per heavy atom. The average Bonchev–Trinajstić information content (AvgIpc) is 2.46. The van der Waals surface area contributed by atoms with Gasteiger partial charge in [0.05, 0.1) is 0 Å². The third kappa shape index (κ3) is 9.54. The molecule has 2 nitrogen and oxygen atoms in total. The van der Waals surface area contributed by atoms with Crippen LogP contribution in [-0.2, 0) is 4.74 Å². The number of hydrogen-bond donors (Lipinski definition) is 1. The van der Waals surface area contributed by atoms with Crippen LogP contribution in [0.15, 0.2) is 30.3 Å². The normalized spacial score (nSPS) is 10.6. The van der Waals surface area contributed by atoms with Crippen molar-refractivity contribution in [2.45, 2.75) is 51.9 Å². The summed E-state index contributed by atoms with van der Waals surface area (Å²) in [6.45, 7) is 5.04. The Morgan fingerprint density at radius 1 is 0.842 bits per heavy atom. The second-order valence-electron chi connectivity index (χ2n) is 5.03. The lowest BCUT2D eigenvalue weighted by atomic mass is 10.1. The molecule has 0 unspecified atom stereocenters. The van der Waals surface area contributed by atoms with Crippen molar-refractivity contribution < 1.29 is 4.74 Å². The van der Waals surface area contributed by atoms with Crippen LogP contribution < -0.4 is 5.32 Å². The van der Waals surface area contributed by atoms with Crippen LogP contribution in [0.5, 0.6) is 0 Å². The molecule has 0 bridgehead atoms. The van der Waals surface area contributed by atoms with Crippen LogP contribution in [0, 0.1) is 0 Å². The van der Waals surface area contributed by atoms with Gasteiger partial charge in [-0.15, -0.1) is 0 Å². The molecule has 1 aromatic rings. The number of para-hydroxylation sites is 1. The van der Waals surface area contributed by atoms with E-state index in [4.69, 9.17) is 4.74 Å². The lowest BCUT2D eigenvalue weighted by Gasteiger charge is -2.07. The molecule has 0 spiro atoms. The SMILES string of the molecule is CCCCCCCCOCCCNc1ccccc1. The zero-order valence-corrected chi connectivity index (χ0v) is 12.4. The first-order chi connectivity index (χ1) is 9.43. The predicted octanol–water partition coefficient (Wildman–Crippen LogP) is 4.87. The van der Waals surface area contributed by atoms with Gasteiger partial charge in [0.25, 0.3) is 0 Å². The van der Waals surface area contributed by atoms with E-state index in [1.165, 1.54) is 44.2 Å². The maximum Gasteiger partial charge on any atom is 0.0482 e. The smallest absolute Gasteiger partial charge is 0.0482 e. The largest absolute Gasteiger partial charge is 0.385 e. The van der Waals surface area contributed by atoms with Crippen molar-refractivity contribution in [3.63, 3.8) is 0 Å². The zero-order valence-electron chi connectivity index (χ0n) is 12.4. The molecule has 0 fully saturated rings. The minimum atomic E-state index is 0.870. The molecule has 0 aliphatic carbocycles. The molecule has 19 heavy (non-hydrogen) atoms. The molecule has 0 saturated heterocycles. The van der Waals surface area contributed by atoms with Gasteiger partial charge in [-0.1, -0.05) is 57.2 Å². The standard InChI is InChI=1S/C17H29NO/c1-2-3-4-5-6-10-15-19-16-11-14-18-17-12-8-7-9-13-17/h7-9,12-13,18H,2-6,10-11,14-16H2,1H3. The van der Waals surface area contributed by atoms with E-state index in [1.54, 1.807) is 0 Å². The topological polar surface area (TPSA) is 21.3 Å². The first kappa shape index (κ1) is 16.0. The van der Waals surface area contributed by atoms with Gasteiger partial charge in [-0.25, -0.2) is 0 Å². The van der Waals surface area contributed by atoms with Crippen molar-refractivity contribution in [3.8, 4) is 0 Å². The van der Waals surface area contributed by atoms with Crippen LogP contribution in [0.2, 0.25) is 0 Å². The van der Waals surface area contributed by atoms with E-state index in [0.29, 0.717) is 0 Å². The Morgan fingerprint density at radius 2 is 1.53 bits per heavy atom. The summed E-state index contributed by atoms with van der Waals surface area (Å²) in [5.41, 5.74) is 1.19. The van der Waals surface area contributed by atoms with Crippen LogP contribution in [0.3, 0.4) is 0 Å². The van der Waals surface area contributed by atoms with E-state index >= 15 is 0 Å². The number of rotatable bonds is 12. The molecular weight excluding hydrogens is 234 g/mol. The average molecular weight is 263 g/mol. The third-order valence-electron chi connectivity index (χ3n) is 3.21. The molecule has 0 aliphatic heterocycles. The van der Waals surface area contributed by atoms with Crippen LogP contribution in [0.1, 0.15) is 51.9 Å². The van der Waals surface area contributed by atoms with E-state index in [0.717, 1.165) is 26.2 Å². The van der Waals surface area contributed by atoms with Crippen molar-refractivity contribution in [2.24, 2.45) is 0 Å². The summed E-state index contributed by atoms with van der Waals surface area (Å²) in [5, 5.41) is 3.39. The highest BCUT2D eigenvalue weighted by molar-refractivity contribution is 5.42. The van der Waals surface area contributed by atoms with Crippen LogP contribution in [0.4, 0.5) is 5.69 Å². The fraction of sp³-hybridized carbons (Fsp3) is 0.647. The highest BCUT2D eigenvalue weighted by Crippen LogP contribution is 2.06. The second kappa shape index (κ2) is 12.0. The Labute approximate surface area is 118 Å². The highest BCUT2D eigenvalue weighted by Gasteiger charge is 1.92. The molecule has 1 aromatic carbocycles. The van der Waals surface area contributed by atoms with E-state index in [1.807, 2.05) is 6.07 Å². The number of anilines is 1. The number of benzene rings is 1. The van der Waals surface area contributed by atoms with Crippen molar-refractivity contribution in [2.75, 3.05) is 25.1 Å². The van der Waals surface area contributed by atoms with Crippen molar-refractivity contribution in [1.29, 1.82) is 0 Å². The Balaban J connectivity index is 1.79. The molecule has 1 N–H and O–H groups in total. The summed E-state index contributed by atoms with van der Waals surface area (Å²) in [7, 11) is 0. The Bertz CT molecular complexity index is 287. The maximum atomic E-state index is 5.64. The Hall–Kier alpha value is -1.02. The molecule has 0 aliphatic rings. The number of ether oxygens (including phenoxy) is 1. The molecule has 0 amide bonds. The molecule has 2 heteroatoms. The quantitative estimate of drug-likeness (QED) is 0.543. The van der Waals surface area contributed by atoms with Gasteiger partial charge in [-0.05, 0) is 25.0 Å². The minimum absolute atomic E-state index is 0.870. The second-order valence-corrected chi connectivity index (χ2v) is 5.03. The van der Waals surface area contributed by atoms with Crippen molar-refractivity contribution in [3.05, 3.63) is 30.3 Å². The van der Waals surface area contributed by atoms with E-state index < -0.39 is 0 Å². The van der Waals surface area contributed by atoms with Gasteiger partial charge in [0.2, 0.25) is 0 Å². The number of nitrogens with one attached hydrogen (secondary N) is 1. The number of unbranched alkanes of at least 4 members (excludes halogenated alkanes) is 5. The van der Waals surface area contributed by atoms with Gasteiger partial charge in [-0.2, -0.15) is 0 Å². The number of hydrogen-bond acceptors (Lipinski definition) is 2. The molecular formula is C17H29NO. The molecule has 0 saturated carbocycles. The highest BCUT2D eigenvalue weighted by atomic mass is 16.5. The summed E-state index contributed by atoms with van der Waals surface area (Å²) in [5.74, 6) is 0. The van der Waals surface area contributed by atoms with Gasteiger partial charge in [0.1, 0.15) is 0 Å². The minimum Gasteiger partial charge on any atom is -0.385 e. The van der Waals surface area contributed by atoms with Gasteiger partial charge in [0.15, 0.2) is 0 Å². The summed E-state index contributed by atoms with van der Waals surface area (Å²) >= 11 is 0.